The molecule has 1 aromatic rings. The third-order valence-electron chi connectivity index (χ3n) is 2.39. The number of carbonyl (C=O) groups is 1. The van der Waals surface area contributed by atoms with Crippen molar-refractivity contribution in [3.8, 4) is 0 Å². The molecule has 7 heteroatoms. The van der Waals surface area contributed by atoms with Crippen molar-refractivity contribution in [2.75, 3.05) is 0 Å². The Morgan fingerprint density at radius 1 is 1.44 bits per heavy atom. The lowest BCUT2D eigenvalue weighted by Gasteiger charge is -2.15. The molecule has 0 fully saturated rings. The first kappa shape index (κ1) is 14.8. The molecule has 0 spiro atoms. The summed E-state index contributed by atoms with van der Waals surface area (Å²) in [6, 6.07) is 1.99. The molecule has 0 aliphatic carbocycles. The summed E-state index contributed by atoms with van der Waals surface area (Å²) in [7, 11) is 0. The van der Waals surface area contributed by atoms with Crippen molar-refractivity contribution in [3.63, 3.8) is 0 Å². The van der Waals surface area contributed by atoms with Crippen LogP contribution in [0, 0.1) is 0 Å². The fourth-order valence-electron chi connectivity index (χ4n) is 1.44. The number of nitrogens with two attached hydrogens (primary N) is 1. The minimum absolute atomic E-state index is 0.0242. The molecular weight excluding hydrogens is 271 g/mol. The maximum atomic E-state index is 12.5. The van der Waals surface area contributed by atoms with Gasteiger partial charge in [0, 0.05) is 17.5 Å². The number of alkyl halides is 3. The van der Waals surface area contributed by atoms with E-state index >= 15 is 0 Å². The average molecular weight is 282 g/mol. The van der Waals surface area contributed by atoms with Gasteiger partial charge in [0.05, 0.1) is 5.56 Å². The van der Waals surface area contributed by atoms with Crippen LogP contribution in [0.2, 0.25) is 5.02 Å². The van der Waals surface area contributed by atoms with Gasteiger partial charge in [-0.05, 0) is 30.2 Å². The summed E-state index contributed by atoms with van der Waals surface area (Å²) in [4.78, 5) is 10.4. The van der Waals surface area contributed by atoms with Crippen LogP contribution in [0.4, 0.5) is 13.2 Å². The predicted molar refractivity (Wildman–Crippen MR) is 60.3 cm³/mol. The van der Waals surface area contributed by atoms with Crippen molar-refractivity contribution in [1.82, 2.24) is 0 Å². The molecule has 0 radical (unpaired) electrons. The molecule has 0 aliphatic rings. The molecule has 0 bridgehead atoms. The van der Waals surface area contributed by atoms with Gasteiger partial charge in [0.1, 0.15) is 0 Å². The van der Waals surface area contributed by atoms with Crippen LogP contribution < -0.4 is 5.73 Å². The average Bonchev–Trinajstić information content (AvgIpc) is 2.24. The van der Waals surface area contributed by atoms with Crippen molar-refractivity contribution in [3.05, 3.63) is 34.3 Å². The maximum absolute atomic E-state index is 12.5. The van der Waals surface area contributed by atoms with Gasteiger partial charge >= 0.3 is 12.1 Å². The second-order valence-electron chi connectivity index (χ2n) is 3.77. The zero-order valence-electron chi connectivity index (χ0n) is 9.17. The second-order valence-corrected chi connectivity index (χ2v) is 4.18. The fraction of sp³-hybridized carbons (Fsp3) is 0.364. The highest BCUT2D eigenvalue weighted by Gasteiger charge is 2.31. The van der Waals surface area contributed by atoms with Gasteiger partial charge in [-0.25, -0.2) is 0 Å². The molecule has 0 amide bonds. The molecule has 0 saturated heterocycles. The first-order valence-corrected chi connectivity index (χ1v) is 5.43. The van der Waals surface area contributed by atoms with E-state index in [1.807, 2.05) is 0 Å². The third-order valence-corrected chi connectivity index (χ3v) is 2.74. The number of hydrogen-bond acceptors (Lipinski definition) is 2. The second kappa shape index (κ2) is 5.58. The van der Waals surface area contributed by atoms with Crippen molar-refractivity contribution in [2.24, 2.45) is 5.73 Å². The van der Waals surface area contributed by atoms with E-state index < -0.39 is 23.8 Å². The van der Waals surface area contributed by atoms with Crippen LogP contribution in [0.3, 0.4) is 0 Å². The van der Waals surface area contributed by atoms with E-state index in [4.69, 9.17) is 22.4 Å². The van der Waals surface area contributed by atoms with Crippen LogP contribution in [-0.2, 0) is 11.0 Å². The summed E-state index contributed by atoms with van der Waals surface area (Å²) in [5, 5.41) is 8.59. The largest absolute Gasteiger partial charge is 0.481 e. The molecule has 1 unspecified atom stereocenters. The number of carboxylic acids is 1. The van der Waals surface area contributed by atoms with E-state index in [9.17, 15) is 18.0 Å². The zero-order valence-corrected chi connectivity index (χ0v) is 9.92. The lowest BCUT2D eigenvalue weighted by molar-refractivity contribution is -0.138. The summed E-state index contributed by atoms with van der Waals surface area (Å²) in [5.41, 5.74) is 4.89. The SMILES string of the molecule is NC(CCC(=O)O)c1cc(C(F)(F)F)ccc1Cl. The van der Waals surface area contributed by atoms with E-state index in [1.54, 1.807) is 0 Å². The molecule has 1 aromatic carbocycles. The van der Waals surface area contributed by atoms with Crippen LogP contribution in [0.25, 0.3) is 0 Å². The Bertz CT molecular complexity index is 448. The Balaban J connectivity index is 2.97. The summed E-state index contributed by atoms with van der Waals surface area (Å²) >= 11 is 5.76. The minimum atomic E-state index is -4.48. The van der Waals surface area contributed by atoms with Gasteiger partial charge in [-0.1, -0.05) is 11.6 Å². The van der Waals surface area contributed by atoms with Gasteiger partial charge in [-0.3, -0.25) is 4.79 Å². The normalized spacial score (nSPS) is 13.4. The lowest BCUT2D eigenvalue weighted by Crippen LogP contribution is -2.14. The van der Waals surface area contributed by atoms with E-state index in [0.29, 0.717) is 0 Å². The number of carboxylic acid groups (broad SMARTS) is 1. The highest BCUT2D eigenvalue weighted by Crippen LogP contribution is 2.34. The first-order valence-electron chi connectivity index (χ1n) is 5.06. The minimum Gasteiger partial charge on any atom is -0.481 e. The van der Waals surface area contributed by atoms with Crippen molar-refractivity contribution in [2.45, 2.75) is 25.1 Å². The van der Waals surface area contributed by atoms with Gasteiger partial charge < -0.3 is 10.8 Å². The molecule has 1 atom stereocenters. The first-order chi connectivity index (χ1) is 8.21. The molecule has 100 valence electrons. The number of benzene rings is 1. The molecule has 1 rings (SSSR count). The zero-order chi connectivity index (χ0) is 13.9. The standard InChI is InChI=1S/C11H11ClF3NO2/c12-8-2-1-6(11(13,14)15)5-7(8)9(16)3-4-10(17)18/h1-2,5,9H,3-4,16H2,(H,17,18). The van der Waals surface area contributed by atoms with Gasteiger partial charge in [-0.2, -0.15) is 13.2 Å². The van der Waals surface area contributed by atoms with E-state index in [-0.39, 0.29) is 23.4 Å². The number of rotatable bonds is 4. The smallest absolute Gasteiger partial charge is 0.416 e. The highest BCUT2D eigenvalue weighted by molar-refractivity contribution is 6.31. The number of halogens is 4. The Morgan fingerprint density at radius 2 is 2.06 bits per heavy atom. The maximum Gasteiger partial charge on any atom is 0.416 e. The summed E-state index contributed by atoms with van der Waals surface area (Å²) in [5.74, 6) is -1.06. The Labute approximate surface area is 106 Å². The van der Waals surface area contributed by atoms with Crippen molar-refractivity contribution < 1.29 is 23.1 Å². The molecule has 0 aliphatic heterocycles. The fourth-order valence-corrected chi connectivity index (χ4v) is 1.70. The molecule has 0 aromatic heterocycles. The lowest BCUT2D eigenvalue weighted by atomic mass is 10.0. The van der Waals surface area contributed by atoms with E-state index in [1.165, 1.54) is 0 Å². The monoisotopic (exact) mass is 281 g/mol. The molecular formula is C11H11ClF3NO2. The Morgan fingerprint density at radius 3 is 2.56 bits per heavy atom. The van der Waals surface area contributed by atoms with Crippen LogP contribution in [0.5, 0.6) is 0 Å². The highest BCUT2D eigenvalue weighted by atomic mass is 35.5. The molecule has 3 nitrogen and oxygen atoms in total. The van der Waals surface area contributed by atoms with E-state index in [0.717, 1.165) is 18.2 Å². The third kappa shape index (κ3) is 3.89. The van der Waals surface area contributed by atoms with Crippen LogP contribution in [0.15, 0.2) is 18.2 Å². The Hall–Kier alpha value is -1.27. The summed E-state index contributed by atoms with van der Waals surface area (Å²) in [6.07, 6.45) is -4.68. The van der Waals surface area contributed by atoms with Crippen LogP contribution >= 0.6 is 11.6 Å². The van der Waals surface area contributed by atoms with Crippen molar-refractivity contribution >= 4 is 17.6 Å². The van der Waals surface area contributed by atoms with Gasteiger partial charge in [0.15, 0.2) is 0 Å². The van der Waals surface area contributed by atoms with Gasteiger partial charge in [0.25, 0.3) is 0 Å². The predicted octanol–water partition coefficient (Wildman–Crippen LogP) is 3.22. The number of aliphatic carboxylic acids is 1. The molecule has 3 N–H and O–H groups in total. The van der Waals surface area contributed by atoms with Gasteiger partial charge in [0.2, 0.25) is 0 Å². The Kier molecular flexibility index (Phi) is 4.59. The summed E-state index contributed by atoms with van der Waals surface area (Å²) in [6.45, 7) is 0. The van der Waals surface area contributed by atoms with Crippen LogP contribution in [-0.4, -0.2) is 11.1 Å². The van der Waals surface area contributed by atoms with E-state index in [2.05, 4.69) is 0 Å². The quantitative estimate of drug-likeness (QED) is 0.890. The van der Waals surface area contributed by atoms with Crippen molar-refractivity contribution in [1.29, 1.82) is 0 Å². The van der Waals surface area contributed by atoms with Crippen LogP contribution in [0.1, 0.15) is 30.0 Å². The molecule has 18 heavy (non-hydrogen) atoms. The topological polar surface area (TPSA) is 63.3 Å². The van der Waals surface area contributed by atoms with Gasteiger partial charge in [-0.15, -0.1) is 0 Å². The molecule has 0 heterocycles. The molecule has 0 saturated carbocycles. The number of hydrogen-bond donors (Lipinski definition) is 2. The summed E-state index contributed by atoms with van der Waals surface area (Å²) < 4.78 is 37.5.